The molecule has 2 amide bonds. The minimum atomic E-state index is -0.606. The molecule has 3 N–H and O–H groups in total. The highest BCUT2D eigenvalue weighted by Crippen LogP contribution is 2.55. The van der Waals surface area contributed by atoms with Crippen LogP contribution in [0.2, 0.25) is 0 Å². The van der Waals surface area contributed by atoms with Crippen LogP contribution in [0.4, 0.5) is 0 Å². The fourth-order valence-electron chi connectivity index (χ4n) is 6.70. The molecule has 7 nitrogen and oxygen atoms in total. The molecule has 2 fully saturated rings. The molecule has 0 radical (unpaired) electrons. The molecule has 0 saturated heterocycles. The minimum absolute atomic E-state index is 0.00358. The fraction of sp³-hybridized carbons (Fsp3) is 0.548. The van der Waals surface area contributed by atoms with E-state index in [2.05, 4.69) is 24.5 Å². The van der Waals surface area contributed by atoms with Gasteiger partial charge in [-0.05, 0) is 78.7 Å². The van der Waals surface area contributed by atoms with Crippen LogP contribution in [-0.4, -0.2) is 42.8 Å². The maximum absolute atomic E-state index is 13.1. The van der Waals surface area contributed by atoms with Crippen LogP contribution >= 0.6 is 0 Å². The van der Waals surface area contributed by atoms with Crippen molar-refractivity contribution < 1.29 is 24.2 Å². The predicted octanol–water partition coefficient (Wildman–Crippen LogP) is 4.33. The molecule has 0 aliphatic heterocycles. The van der Waals surface area contributed by atoms with Crippen molar-refractivity contribution in [3.05, 3.63) is 60.2 Å². The SMILES string of the molecule is COc1ccc(CNC(=O)[C@@H](C)C2CC[C@@]3(C)CC[C@H](NC(=O)COc4ccccc4)[C@@H](C)[C@@H]3[C@H]2O)cc1. The molecule has 2 saturated carbocycles. The Morgan fingerprint density at radius 1 is 1.05 bits per heavy atom. The van der Waals surface area contributed by atoms with Crippen LogP contribution in [0.25, 0.3) is 0 Å². The first kappa shape index (κ1) is 28.0. The van der Waals surface area contributed by atoms with Crippen LogP contribution in [0.1, 0.15) is 52.0 Å². The van der Waals surface area contributed by atoms with Crippen molar-refractivity contribution in [3.8, 4) is 11.5 Å². The quantitative estimate of drug-likeness (QED) is 0.455. The molecule has 2 aromatic rings. The van der Waals surface area contributed by atoms with Gasteiger partial charge in [0, 0.05) is 18.5 Å². The van der Waals surface area contributed by atoms with Gasteiger partial charge in [0.15, 0.2) is 6.61 Å². The van der Waals surface area contributed by atoms with E-state index in [4.69, 9.17) is 9.47 Å². The van der Waals surface area contributed by atoms with Gasteiger partial charge in [0.05, 0.1) is 13.2 Å². The average Bonchev–Trinajstić information content (AvgIpc) is 2.93. The van der Waals surface area contributed by atoms with E-state index >= 15 is 0 Å². The molecule has 0 bridgehead atoms. The molecule has 7 atom stereocenters. The number of carbonyl (C=O) groups is 2. The van der Waals surface area contributed by atoms with Crippen molar-refractivity contribution in [1.29, 1.82) is 0 Å². The number of aliphatic hydroxyl groups excluding tert-OH is 1. The summed E-state index contributed by atoms with van der Waals surface area (Å²) in [6.07, 6.45) is 3.00. The Hall–Kier alpha value is -3.06. The summed E-state index contributed by atoms with van der Waals surface area (Å²) < 4.78 is 10.8. The number of para-hydroxylation sites is 1. The third kappa shape index (κ3) is 6.32. The lowest BCUT2D eigenvalue weighted by Crippen LogP contribution is -2.58. The van der Waals surface area contributed by atoms with E-state index < -0.39 is 6.10 Å². The fourth-order valence-corrected chi connectivity index (χ4v) is 6.70. The Balaban J connectivity index is 1.34. The number of hydrogen-bond donors (Lipinski definition) is 3. The highest BCUT2D eigenvalue weighted by molar-refractivity contribution is 5.79. The van der Waals surface area contributed by atoms with E-state index in [1.807, 2.05) is 61.5 Å². The summed E-state index contributed by atoms with van der Waals surface area (Å²) in [5, 5.41) is 17.8. The van der Waals surface area contributed by atoms with Crippen molar-refractivity contribution in [2.75, 3.05) is 13.7 Å². The molecule has 1 unspecified atom stereocenters. The van der Waals surface area contributed by atoms with Crippen molar-refractivity contribution in [3.63, 3.8) is 0 Å². The van der Waals surface area contributed by atoms with Crippen molar-refractivity contribution in [2.45, 2.75) is 65.1 Å². The smallest absolute Gasteiger partial charge is 0.258 e. The Labute approximate surface area is 226 Å². The molecule has 0 spiro atoms. The standard InChI is InChI=1S/C31H42N2O5/c1-20(30(36)32-18-22-10-12-23(37-4)13-11-22)25-14-16-31(3)17-15-26(21(2)28(31)29(25)35)33-27(34)19-38-24-8-6-5-7-9-24/h5-13,20-21,25-26,28-29,35H,14-19H2,1-4H3,(H,32,36)(H,33,34)/t20-,21+,25?,26-,28+,29-,31-/m0/s1. The lowest BCUT2D eigenvalue weighted by Gasteiger charge is -2.56. The topological polar surface area (TPSA) is 96.9 Å². The number of hydrogen-bond acceptors (Lipinski definition) is 5. The number of benzene rings is 2. The van der Waals surface area contributed by atoms with Crippen LogP contribution in [0, 0.1) is 29.1 Å². The number of ether oxygens (including phenoxy) is 2. The summed E-state index contributed by atoms with van der Waals surface area (Å²) >= 11 is 0. The summed E-state index contributed by atoms with van der Waals surface area (Å²) in [5.74, 6) is 0.908. The first-order chi connectivity index (χ1) is 18.2. The van der Waals surface area contributed by atoms with Gasteiger partial charge in [0.25, 0.3) is 5.91 Å². The molecular weight excluding hydrogens is 480 g/mol. The van der Waals surface area contributed by atoms with E-state index in [1.54, 1.807) is 7.11 Å². The molecule has 38 heavy (non-hydrogen) atoms. The van der Waals surface area contributed by atoms with Crippen molar-refractivity contribution in [2.24, 2.45) is 29.1 Å². The van der Waals surface area contributed by atoms with E-state index in [0.29, 0.717) is 12.3 Å². The Kier molecular flexibility index (Phi) is 8.98. The molecule has 2 aliphatic carbocycles. The van der Waals surface area contributed by atoms with Crippen LogP contribution < -0.4 is 20.1 Å². The van der Waals surface area contributed by atoms with Crippen LogP contribution in [-0.2, 0) is 16.1 Å². The maximum Gasteiger partial charge on any atom is 0.258 e. The number of methoxy groups -OCH3 is 1. The van der Waals surface area contributed by atoms with Gasteiger partial charge in [0.1, 0.15) is 11.5 Å². The Bertz CT molecular complexity index is 1080. The minimum Gasteiger partial charge on any atom is -0.497 e. The molecule has 4 rings (SSSR count). The van der Waals surface area contributed by atoms with Crippen molar-refractivity contribution >= 4 is 11.8 Å². The summed E-state index contributed by atoms with van der Waals surface area (Å²) in [7, 11) is 1.63. The monoisotopic (exact) mass is 522 g/mol. The van der Waals surface area contributed by atoms with Crippen LogP contribution in [0.15, 0.2) is 54.6 Å². The number of fused-ring (bicyclic) bond motifs is 1. The third-order valence-electron chi connectivity index (χ3n) is 9.03. The second kappa shape index (κ2) is 12.2. The highest BCUT2D eigenvalue weighted by Gasteiger charge is 2.53. The van der Waals surface area contributed by atoms with E-state index in [-0.39, 0.29) is 53.5 Å². The zero-order valence-electron chi connectivity index (χ0n) is 23.0. The highest BCUT2D eigenvalue weighted by atomic mass is 16.5. The summed E-state index contributed by atoms with van der Waals surface area (Å²) in [6, 6.07) is 16.9. The van der Waals surface area contributed by atoms with E-state index in [0.717, 1.165) is 37.0 Å². The molecule has 2 aromatic carbocycles. The van der Waals surface area contributed by atoms with E-state index in [9.17, 15) is 14.7 Å². The van der Waals surface area contributed by atoms with E-state index in [1.165, 1.54) is 0 Å². The van der Waals surface area contributed by atoms with Crippen LogP contribution in [0.3, 0.4) is 0 Å². The average molecular weight is 523 g/mol. The third-order valence-corrected chi connectivity index (χ3v) is 9.03. The maximum atomic E-state index is 13.1. The summed E-state index contributed by atoms with van der Waals surface area (Å²) in [5.41, 5.74) is 0.995. The summed E-state index contributed by atoms with van der Waals surface area (Å²) in [4.78, 5) is 25.8. The van der Waals surface area contributed by atoms with Crippen molar-refractivity contribution in [1.82, 2.24) is 10.6 Å². The largest absolute Gasteiger partial charge is 0.497 e. The number of nitrogens with one attached hydrogen (secondary N) is 2. The van der Waals surface area contributed by atoms with Gasteiger partial charge in [-0.3, -0.25) is 9.59 Å². The zero-order chi connectivity index (χ0) is 27.3. The van der Waals surface area contributed by atoms with Gasteiger partial charge >= 0.3 is 0 Å². The summed E-state index contributed by atoms with van der Waals surface area (Å²) in [6.45, 7) is 6.72. The Morgan fingerprint density at radius 2 is 1.74 bits per heavy atom. The lowest BCUT2D eigenvalue weighted by atomic mass is 9.51. The molecule has 206 valence electrons. The molecule has 0 heterocycles. The van der Waals surface area contributed by atoms with Gasteiger partial charge < -0.3 is 25.2 Å². The van der Waals surface area contributed by atoms with Crippen LogP contribution in [0.5, 0.6) is 11.5 Å². The number of carbonyl (C=O) groups excluding carboxylic acids is 2. The van der Waals surface area contributed by atoms with Gasteiger partial charge in [-0.25, -0.2) is 0 Å². The zero-order valence-corrected chi connectivity index (χ0v) is 23.0. The number of rotatable bonds is 9. The molecule has 2 aliphatic rings. The normalized spacial score (nSPS) is 29.4. The molecule has 0 aromatic heterocycles. The Morgan fingerprint density at radius 3 is 2.42 bits per heavy atom. The first-order valence-corrected chi connectivity index (χ1v) is 13.8. The predicted molar refractivity (Wildman–Crippen MR) is 147 cm³/mol. The first-order valence-electron chi connectivity index (χ1n) is 13.8. The number of aliphatic hydroxyl groups is 1. The lowest BCUT2D eigenvalue weighted by molar-refractivity contribution is -0.144. The van der Waals surface area contributed by atoms with Gasteiger partial charge in [-0.2, -0.15) is 0 Å². The van der Waals surface area contributed by atoms with Gasteiger partial charge in [-0.1, -0.05) is 51.1 Å². The second-order valence-corrected chi connectivity index (χ2v) is 11.4. The molecular formula is C31H42N2O5. The van der Waals surface area contributed by atoms with Gasteiger partial charge in [-0.15, -0.1) is 0 Å². The second-order valence-electron chi connectivity index (χ2n) is 11.4. The number of amides is 2. The van der Waals surface area contributed by atoms with Gasteiger partial charge in [0.2, 0.25) is 5.91 Å². The molecule has 7 heteroatoms.